The van der Waals surface area contributed by atoms with Gasteiger partial charge in [-0.3, -0.25) is 4.79 Å². The quantitative estimate of drug-likeness (QED) is 0.542. The van der Waals surface area contributed by atoms with E-state index in [0.29, 0.717) is 28.7 Å². The number of carbonyl (C=O) groups is 2. The predicted molar refractivity (Wildman–Crippen MR) is 106 cm³/mol. The van der Waals surface area contributed by atoms with Gasteiger partial charge in [0.2, 0.25) is 0 Å². The van der Waals surface area contributed by atoms with Crippen LogP contribution in [-0.4, -0.2) is 45.9 Å². The van der Waals surface area contributed by atoms with Crippen molar-refractivity contribution in [2.45, 2.75) is 38.6 Å². The molecule has 1 amide bonds. The van der Waals surface area contributed by atoms with Gasteiger partial charge in [-0.15, -0.1) is 0 Å². The van der Waals surface area contributed by atoms with Gasteiger partial charge < -0.3 is 24.3 Å². The normalized spacial score (nSPS) is 19.1. The van der Waals surface area contributed by atoms with E-state index in [2.05, 4.69) is 12.2 Å². The molecule has 1 saturated carbocycles. The van der Waals surface area contributed by atoms with Crippen LogP contribution in [0.25, 0.3) is 6.08 Å². The van der Waals surface area contributed by atoms with Crippen molar-refractivity contribution in [1.82, 2.24) is 5.32 Å². The van der Waals surface area contributed by atoms with Crippen LogP contribution in [0.4, 0.5) is 0 Å². The Hall–Kier alpha value is -2.70. The van der Waals surface area contributed by atoms with Crippen LogP contribution < -0.4 is 19.5 Å². The summed E-state index contributed by atoms with van der Waals surface area (Å²) in [4.78, 5) is 24.0. The fourth-order valence-corrected chi connectivity index (χ4v) is 3.30. The smallest absolute Gasteiger partial charge is 0.331 e. The number of nitrogens with one attached hydrogen (secondary N) is 1. The zero-order valence-corrected chi connectivity index (χ0v) is 16.9. The van der Waals surface area contributed by atoms with E-state index in [1.54, 1.807) is 18.2 Å². The molecule has 0 radical (unpaired) electrons. The summed E-state index contributed by atoms with van der Waals surface area (Å²) in [6.45, 7) is 1.84. The molecule has 7 heteroatoms. The van der Waals surface area contributed by atoms with Gasteiger partial charge in [0.25, 0.3) is 5.91 Å². The zero-order chi connectivity index (χ0) is 20.5. The highest BCUT2D eigenvalue weighted by Crippen LogP contribution is 2.35. The van der Waals surface area contributed by atoms with Gasteiger partial charge in [0, 0.05) is 23.7 Å². The maximum absolute atomic E-state index is 12.0. The minimum Gasteiger partial charge on any atom is -0.496 e. The first kappa shape index (κ1) is 21.6. The van der Waals surface area contributed by atoms with Gasteiger partial charge in [-0.05, 0) is 30.9 Å². The van der Waals surface area contributed by atoms with E-state index < -0.39 is 5.97 Å². The number of amides is 1. The number of methoxy groups -OCH3 is 3. The average Bonchev–Trinajstić information content (AvgIpc) is 2.71. The summed E-state index contributed by atoms with van der Waals surface area (Å²) in [5, 5.41) is 2.95. The lowest BCUT2D eigenvalue weighted by Crippen LogP contribution is -2.42. The zero-order valence-electron chi connectivity index (χ0n) is 16.9. The van der Waals surface area contributed by atoms with Crippen molar-refractivity contribution < 1.29 is 28.5 Å². The topological polar surface area (TPSA) is 83.1 Å². The van der Waals surface area contributed by atoms with Crippen LogP contribution in [0.1, 0.15) is 38.2 Å². The number of hydrogen-bond acceptors (Lipinski definition) is 6. The first-order valence-electron chi connectivity index (χ1n) is 9.42. The van der Waals surface area contributed by atoms with Crippen LogP contribution in [0, 0.1) is 5.92 Å². The molecule has 28 heavy (non-hydrogen) atoms. The van der Waals surface area contributed by atoms with Crippen LogP contribution in [0.15, 0.2) is 18.2 Å². The maximum atomic E-state index is 12.0. The summed E-state index contributed by atoms with van der Waals surface area (Å²) in [7, 11) is 4.58. The second kappa shape index (κ2) is 10.6. The van der Waals surface area contributed by atoms with Gasteiger partial charge in [0.15, 0.2) is 18.1 Å². The van der Waals surface area contributed by atoms with Crippen molar-refractivity contribution in [1.29, 1.82) is 0 Å². The van der Waals surface area contributed by atoms with Crippen LogP contribution >= 0.6 is 0 Å². The fraction of sp³-hybridized carbons (Fsp3) is 0.524. The Morgan fingerprint density at radius 2 is 1.68 bits per heavy atom. The molecule has 1 fully saturated rings. The maximum Gasteiger partial charge on any atom is 0.331 e. The third kappa shape index (κ3) is 5.90. The second-order valence-corrected chi connectivity index (χ2v) is 6.83. The molecular formula is C21H29NO6. The molecule has 0 heterocycles. The summed E-state index contributed by atoms with van der Waals surface area (Å²) >= 11 is 0. The number of carbonyl (C=O) groups excluding carboxylic acids is 2. The SMILES string of the molecule is COc1cc(OC)c(OC)cc1/C=C/C(=O)OCC(=O)NC1CCCCC1C. The van der Waals surface area contributed by atoms with Crippen molar-refractivity contribution in [2.24, 2.45) is 5.92 Å². The Balaban J connectivity index is 1.91. The first-order valence-corrected chi connectivity index (χ1v) is 9.42. The Morgan fingerprint density at radius 3 is 2.32 bits per heavy atom. The highest BCUT2D eigenvalue weighted by atomic mass is 16.5. The molecular weight excluding hydrogens is 362 g/mol. The van der Waals surface area contributed by atoms with E-state index in [1.807, 2.05) is 0 Å². The second-order valence-electron chi connectivity index (χ2n) is 6.83. The lowest BCUT2D eigenvalue weighted by molar-refractivity contribution is -0.144. The molecule has 1 aliphatic rings. The highest BCUT2D eigenvalue weighted by molar-refractivity contribution is 5.90. The molecule has 0 spiro atoms. The largest absolute Gasteiger partial charge is 0.496 e. The molecule has 2 unspecified atom stereocenters. The summed E-state index contributed by atoms with van der Waals surface area (Å²) in [6.07, 6.45) is 7.20. The molecule has 2 rings (SSSR count). The molecule has 7 nitrogen and oxygen atoms in total. The minimum atomic E-state index is -0.608. The van der Waals surface area contributed by atoms with Crippen molar-refractivity contribution in [3.8, 4) is 17.2 Å². The van der Waals surface area contributed by atoms with Crippen molar-refractivity contribution in [2.75, 3.05) is 27.9 Å². The summed E-state index contributed by atoms with van der Waals surface area (Å²) in [6, 6.07) is 3.52. The van der Waals surface area contributed by atoms with E-state index in [9.17, 15) is 9.59 Å². The van der Waals surface area contributed by atoms with Crippen LogP contribution in [-0.2, 0) is 14.3 Å². The molecule has 0 bridgehead atoms. The van der Waals surface area contributed by atoms with E-state index in [-0.39, 0.29) is 18.6 Å². The van der Waals surface area contributed by atoms with Crippen molar-refractivity contribution in [3.05, 3.63) is 23.8 Å². The van der Waals surface area contributed by atoms with Gasteiger partial charge in [-0.1, -0.05) is 19.8 Å². The Labute approximate surface area is 166 Å². The number of ether oxygens (including phenoxy) is 4. The molecule has 1 aliphatic carbocycles. The third-order valence-electron chi connectivity index (χ3n) is 4.94. The lowest BCUT2D eigenvalue weighted by Gasteiger charge is -2.29. The van der Waals surface area contributed by atoms with E-state index >= 15 is 0 Å². The van der Waals surface area contributed by atoms with Gasteiger partial charge >= 0.3 is 5.97 Å². The first-order chi connectivity index (χ1) is 13.5. The van der Waals surface area contributed by atoms with Gasteiger partial charge in [-0.25, -0.2) is 4.79 Å². The Kier molecular flexibility index (Phi) is 8.17. The number of rotatable bonds is 8. The molecule has 1 N–H and O–H groups in total. The van der Waals surface area contributed by atoms with E-state index in [1.165, 1.54) is 33.8 Å². The average molecular weight is 391 g/mol. The standard InChI is InChI=1S/C21H29NO6/c1-14-7-5-6-8-16(14)22-20(23)13-28-21(24)10-9-15-11-18(26-3)19(27-4)12-17(15)25-2/h9-12,14,16H,5-8,13H2,1-4H3,(H,22,23)/b10-9+. The minimum absolute atomic E-state index is 0.159. The molecule has 1 aromatic carbocycles. The van der Waals surface area contributed by atoms with E-state index in [4.69, 9.17) is 18.9 Å². The Morgan fingerprint density at radius 1 is 1.04 bits per heavy atom. The van der Waals surface area contributed by atoms with Gasteiger partial charge in [0.1, 0.15) is 5.75 Å². The number of hydrogen-bond donors (Lipinski definition) is 1. The van der Waals surface area contributed by atoms with Gasteiger partial charge in [-0.2, -0.15) is 0 Å². The summed E-state index contributed by atoms with van der Waals surface area (Å²) in [5.41, 5.74) is 0.623. The number of benzene rings is 1. The monoisotopic (exact) mass is 391 g/mol. The summed E-state index contributed by atoms with van der Waals surface area (Å²) < 4.78 is 20.8. The van der Waals surface area contributed by atoms with Crippen LogP contribution in [0.3, 0.4) is 0 Å². The van der Waals surface area contributed by atoms with E-state index in [0.717, 1.165) is 19.3 Å². The van der Waals surface area contributed by atoms with Crippen molar-refractivity contribution in [3.63, 3.8) is 0 Å². The van der Waals surface area contributed by atoms with Crippen LogP contribution in [0.5, 0.6) is 17.2 Å². The molecule has 2 atom stereocenters. The summed E-state index contributed by atoms with van der Waals surface area (Å²) in [5.74, 6) is 1.12. The van der Waals surface area contributed by atoms with Crippen LogP contribution in [0.2, 0.25) is 0 Å². The van der Waals surface area contributed by atoms with Crippen molar-refractivity contribution >= 4 is 18.0 Å². The molecule has 1 aromatic rings. The predicted octanol–water partition coefficient (Wildman–Crippen LogP) is 2.96. The lowest BCUT2D eigenvalue weighted by atomic mass is 9.86. The third-order valence-corrected chi connectivity index (χ3v) is 4.94. The molecule has 154 valence electrons. The van der Waals surface area contributed by atoms with Gasteiger partial charge in [0.05, 0.1) is 21.3 Å². The highest BCUT2D eigenvalue weighted by Gasteiger charge is 2.23. The molecule has 0 aromatic heterocycles. The number of esters is 1. The Bertz CT molecular complexity index is 715. The molecule has 0 aliphatic heterocycles. The fourth-order valence-electron chi connectivity index (χ4n) is 3.30. The molecule has 0 saturated heterocycles.